The van der Waals surface area contributed by atoms with Gasteiger partial charge in [0.05, 0.1) is 4.47 Å². The van der Waals surface area contributed by atoms with Gasteiger partial charge < -0.3 is 4.74 Å². The van der Waals surface area contributed by atoms with Crippen LogP contribution in [0.25, 0.3) is 0 Å². The third kappa shape index (κ3) is 4.06. The summed E-state index contributed by atoms with van der Waals surface area (Å²) >= 11 is 3.34. The summed E-state index contributed by atoms with van der Waals surface area (Å²) in [6.07, 6.45) is 1.15. The van der Waals surface area contributed by atoms with Crippen LogP contribution in [-0.2, 0) is 11.3 Å². The summed E-state index contributed by atoms with van der Waals surface area (Å²) in [7, 11) is 0. The molecular formula is C14H13BrN2O2. The van der Waals surface area contributed by atoms with Gasteiger partial charge in [-0.15, -0.1) is 0 Å². The fourth-order valence-corrected chi connectivity index (χ4v) is 2.04. The van der Waals surface area contributed by atoms with E-state index in [2.05, 4.69) is 26.2 Å². The second kappa shape index (κ2) is 6.33. The molecule has 1 aromatic carbocycles. The Morgan fingerprint density at radius 3 is 2.79 bits per heavy atom. The Bertz CT molecular complexity index is 573. The van der Waals surface area contributed by atoms with Crippen molar-refractivity contribution in [2.24, 2.45) is 0 Å². The smallest absolute Gasteiger partial charge is 0.413 e. The van der Waals surface area contributed by atoms with Crippen LogP contribution in [0.4, 0.5) is 10.6 Å². The number of rotatable bonds is 3. The van der Waals surface area contributed by atoms with Gasteiger partial charge >= 0.3 is 6.09 Å². The Kier molecular flexibility index (Phi) is 4.52. The second-order valence-electron chi connectivity index (χ2n) is 4.03. The maximum atomic E-state index is 11.6. The van der Waals surface area contributed by atoms with E-state index in [9.17, 15) is 4.79 Å². The molecule has 5 heteroatoms. The lowest BCUT2D eigenvalue weighted by molar-refractivity contribution is 0.155. The van der Waals surface area contributed by atoms with Gasteiger partial charge in [-0.05, 0) is 40.0 Å². The molecule has 4 nitrogen and oxygen atoms in total. The van der Waals surface area contributed by atoms with E-state index in [0.717, 1.165) is 15.6 Å². The Morgan fingerprint density at radius 2 is 2.11 bits per heavy atom. The first-order valence-electron chi connectivity index (χ1n) is 5.75. The Balaban J connectivity index is 1.91. The van der Waals surface area contributed by atoms with E-state index in [0.29, 0.717) is 5.82 Å². The average Bonchev–Trinajstić information content (AvgIpc) is 2.41. The van der Waals surface area contributed by atoms with Crippen molar-refractivity contribution in [1.29, 1.82) is 0 Å². The minimum Gasteiger partial charge on any atom is -0.444 e. The number of carbonyl (C=O) groups excluding carboxylic acids is 1. The maximum absolute atomic E-state index is 11.6. The molecule has 0 saturated carbocycles. The van der Waals surface area contributed by atoms with E-state index in [-0.39, 0.29) is 6.61 Å². The molecule has 0 saturated heterocycles. The van der Waals surface area contributed by atoms with Crippen LogP contribution in [0.15, 0.2) is 47.1 Å². The van der Waals surface area contributed by atoms with Gasteiger partial charge in [-0.3, -0.25) is 5.32 Å². The van der Waals surface area contributed by atoms with E-state index < -0.39 is 6.09 Å². The molecule has 98 valence electrons. The topological polar surface area (TPSA) is 51.2 Å². The average molecular weight is 321 g/mol. The number of ether oxygens (including phenoxy) is 1. The zero-order valence-corrected chi connectivity index (χ0v) is 12.0. The van der Waals surface area contributed by atoms with Crippen LogP contribution in [0.3, 0.4) is 0 Å². The Hall–Kier alpha value is -1.88. The first-order valence-corrected chi connectivity index (χ1v) is 6.54. The highest BCUT2D eigenvalue weighted by atomic mass is 79.9. The highest BCUT2D eigenvalue weighted by molar-refractivity contribution is 9.10. The van der Waals surface area contributed by atoms with Gasteiger partial charge in [0.25, 0.3) is 0 Å². The summed E-state index contributed by atoms with van der Waals surface area (Å²) in [4.78, 5) is 15.7. The number of nitrogens with zero attached hydrogens (tertiary/aromatic N) is 1. The first-order chi connectivity index (χ1) is 9.15. The summed E-state index contributed by atoms with van der Waals surface area (Å²) in [5.41, 5.74) is 1.95. The van der Waals surface area contributed by atoms with Gasteiger partial charge in [-0.2, -0.15) is 0 Å². The number of nitrogens with one attached hydrogen (secondary N) is 1. The number of hydrogen-bond donors (Lipinski definition) is 1. The number of pyridine rings is 1. The lowest BCUT2D eigenvalue weighted by Gasteiger charge is -2.08. The molecule has 0 bridgehead atoms. The normalized spacial score (nSPS) is 10.0. The SMILES string of the molecule is Cc1cnc(NC(=O)OCc2ccccc2)c(Br)c1. The number of aromatic nitrogens is 1. The third-order valence-corrected chi connectivity index (χ3v) is 3.02. The number of amides is 1. The molecule has 1 heterocycles. The van der Waals surface area contributed by atoms with Crippen molar-refractivity contribution in [2.75, 3.05) is 5.32 Å². The van der Waals surface area contributed by atoms with Crippen LogP contribution >= 0.6 is 15.9 Å². The third-order valence-electron chi connectivity index (χ3n) is 2.41. The molecule has 0 aliphatic rings. The zero-order valence-electron chi connectivity index (χ0n) is 10.4. The van der Waals surface area contributed by atoms with Gasteiger partial charge in [0.15, 0.2) is 0 Å². The van der Waals surface area contributed by atoms with Gasteiger partial charge in [-0.25, -0.2) is 9.78 Å². The predicted octanol–water partition coefficient (Wildman–Crippen LogP) is 3.90. The number of halogens is 1. The molecular weight excluding hydrogens is 308 g/mol. The molecule has 2 rings (SSSR count). The summed E-state index contributed by atoms with van der Waals surface area (Å²) in [5, 5.41) is 2.59. The van der Waals surface area contributed by atoms with Crippen molar-refractivity contribution in [3.8, 4) is 0 Å². The molecule has 0 spiro atoms. The largest absolute Gasteiger partial charge is 0.444 e. The van der Waals surface area contributed by atoms with Crippen molar-refractivity contribution in [3.05, 3.63) is 58.2 Å². The Labute approximate surface area is 119 Å². The minimum atomic E-state index is -0.527. The van der Waals surface area contributed by atoms with Crippen LogP contribution in [0.2, 0.25) is 0 Å². The predicted molar refractivity (Wildman–Crippen MR) is 76.9 cm³/mol. The lowest BCUT2D eigenvalue weighted by Crippen LogP contribution is -2.14. The van der Waals surface area contributed by atoms with Gasteiger partial charge in [0.1, 0.15) is 12.4 Å². The zero-order chi connectivity index (χ0) is 13.7. The Morgan fingerprint density at radius 1 is 1.37 bits per heavy atom. The van der Waals surface area contributed by atoms with Crippen molar-refractivity contribution < 1.29 is 9.53 Å². The summed E-state index contributed by atoms with van der Waals surface area (Å²) in [6, 6.07) is 11.4. The molecule has 1 amide bonds. The van der Waals surface area contributed by atoms with Gasteiger partial charge in [0, 0.05) is 6.20 Å². The second-order valence-corrected chi connectivity index (χ2v) is 4.88. The van der Waals surface area contributed by atoms with Crippen LogP contribution in [0.5, 0.6) is 0 Å². The van der Waals surface area contributed by atoms with Crippen LogP contribution in [0, 0.1) is 6.92 Å². The molecule has 1 N–H and O–H groups in total. The van der Waals surface area contributed by atoms with Crippen LogP contribution in [-0.4, -0.2) is 11.1 Å². The molecule has 0 radical (unpaired) electrons. The van der Waals surface area contributed by atoms with E-state index in [1.165, 1.54) is 0 Å². The fraction of sp³-hybridized carbons (Fsp3) is 0.143. The number of anilines is 1. The molecule has 0 aliphatic carbocycles. The van der Waals surface area contributed by atoms with Crippen molar-refractivity contribution >= 4 is 27.8 Å². The standard InChI is InChI=1S/C14H13BrN2O2/c1-10-7-12(15)13(16-8-10)17-14(18)19-9-11-5-3-2-4-6-11/h2-8H,9H2,1H3,(H,16,17,18). The quantitative estimate of drug-likeness (QED) is 0.933. The fourth-order valence-electron chi connectivity index (χ4n) is 1.48. The molecule has 0 atom stereocenters. The lowest BCUT2D eigenvalue weighted by atomic mass is 10.2. The van der Waals surface area contributed by atoms with Gasteiger partial charge in [-0.1, -0.05) is 30.3 Å². The highest BCUT2D eigenvalue weighted by Crippen LogP contribution is 2.20. The van der Waals surface area contributed by atoms with Crippen molar-refractivity contribution in [3.63, 3.8) is 0 Å². The molecule has 0 fully saturated rings. The maximum Gasteiger partial charge on any atom is 0.413 e. The first kappa shape index (κ1) is 13.5. The van der Waals surface area contributed by atoms with E-state index in [1.807, 2.05) is 43.3 Å². The monoisotopic (exact) mass is 320 g/mol. The molecule has 2 aromatic rings. The summed E-state index contributed by atoms with van der Waals surface area (Å²) in [5.74, 6) is 0.448. The molecule has 0 aliphatic heterocycles. The van der Waals surface area contributed by atoms with E-state index >= 15 is 0 Å². The highest BCUT2D eigenvalue weighted by Gasteiger charge is 2.08. The number of benzene rings is 1. The minimum absolute atomic E-state index is 0.232. The summed E-state index contributed by atoms with van der Waals surface area (Å²) < 4.78 is 5.83. The van der Waals surface area contributed by atoms with Crippen LogP contribution < -0.4 is 5.32 Å². The van der Waals surface area contributed by atoms with E-state index in [1.54, 1.807) is 6.20 Å². The number of hydrogen-bond acceptors (Lipinski definition) is 3. The molecule has 0 unspecified atom stereocenters. The number of aryl methyl sites for hydroxylation is 1. The van der Waals surface area contributed by atoms with Crippen molar-refractivity contribution in [2.45, 2.75) is 13.5 Å². The van der Waals surface area contributed by atoms with Crippen LogP contribution in [0.1, 0.15) is 11.1 Å². The molecule has 1 aromatic heterocycles. The van der Waals surface area contributed by atoms with E-state index in [4.69, 9.17) is 4.74 Å². The number of carbonyl (C=O) groups is 1. The summed E-state index contributed by atoms with van der Waals surface area (Å²) in [6.45, 7) is 2.16. The molecule has 19 heavy (non-hydrogen) atoms. The van der Waals surface area contributed by atoms with Crippen molar-refractivity contribution in [1.82, 2.24) is 4.98 Å². The van der Waals surface area contributed by atoms with Gasteiger partial charge in [0.2, 0.25) is 0 Å².